The van der Waals surface area contributed by atoms with Crippen molar-refractivity contribution in [3.05, 3.63) is 34.4 Å². The lowest BCUT2D eigenvalue weighted by Crippen LogP contribution is -2.36. The maximum absolute atomic E-state index is 12.2. The molecule has 0 bridgehead atoms. The molecule has 1 aromatic heterocycles. The summed E-state index contributed by atoms with van der Waals surface area (Å²) in [5.41, 5.74) is 1.06. The fraction of sp³-hybridized carbons (Fsp3) is 0.471. The van der Waals surface area contributed by atoms with E-state index in [0.717, 1.165) is 19.3 Å². The lowest BCUT2D eigenvalue weighted by atomic mass is 10.2. The first-order valence-electron chi connectivity index (χ1n) is 7.99. The molecule has 1 aromatic carbocycles. The van der Waals surface area contributed by atoms with Crippen molar-refractivity contribution in [1.29, 1.82) is 0 Å². The summed E-state index contributed by atoms with van der Waals surface area (Å²) in [5.74, 6) is 0.709. The summed E-state index contributed by atoms with van der Waals surface area (Å²) in [6.45, 7) is 5.97. The molecule has 2 rings (SSSR count). The Morgan fingerprint density at radius 2 is 2.13 bits per heavy atom. The molecule has 0 fully saturated rings. The standard InChI is InChI=1S/C17H24N4O2/c1-5-6-7-15-19-14-9-8-12(10-13(14)16(22)20-15)18-17(23)21(4)11(2)3/h8-11H,5-7H2,1-4H3,(H,18,23)(H,19,20,22). The van der Waals surface area contributed by atoms with Gasteiger partial charge in [0.2, 0.25) is 0 Å². The second-order valence-electron chi connectivity index (χ2n) is 5.98. The van der Waals surface area contributed by atoms with Crippen LogP contribution in [0.25, 0.3) is 10.9 Å². The van der Waals surface area contributed by atoms with Crippen molar-refractivity contribution < 1.29 is 4.79 Å². The number of aromatic nitrogens is 2. The van der Waals surface area contributed by atoms with Gasteiger partial charge in [-0.1, -0.05) is 13.3 Å². The highest BCUT2D eigenvalue weighted by Gasteiger charge is 2.12. The van der Waals surface area contributed by atoms with Crippen LogP contribution < -0.4 is 10.9 Å². The van der Waals surface area contributed by atoms with Crippen LogP contribution in [-0.4, -0.2) is 34.0 Å². The van der Waals surface area contributed by atoms with Gasteiger partial charge in [0, 0.05) is 25.2 Å². The Labute approximate surface area is 135 Å². The third kappa shape index (κ3) is 4.09. The molecule has 0 aliphatic carbocycles. The number of rotatable bonds is 5. The maximum atomic E-state index is 12.2. The van der Waals surface area contributed by atoms with Crippen LogP contribution in [0.4, 0.5) is 10.5 Å². The van der Waals surface area contributed by atoms with Crippen molar-refractivity contribution in [2.24, 2.45) is 0 Å². The van der Waals surface area contributed by atoms with Crippen molar-refractivity contribution in [2.45, 2.75) is 46.1 Å². The fourth-order valence-corrected chi connectivity index (χ4v) is 2.17. The maximum Gasteiger partial charge on any atom is 0.321 e. The quantitative estimate of drug-likeness (QED) is 0.889. The van der Waals surface area contributed by atoms with Gasteiger partial charge < -0.3 is 15.2 Å². The topological polar surface area (TPSA) is 78.1 Å². The van der Waals surface area contributed by atoms with Crippen LogP contribution in [0.15, 0.2) is 23.0 Å². The minimum Gasteiger partial charge on any atom is -0.325 e. The van der Waals surface area contributed by atoms with Crippen molar-refractivity contribution >= 4 is 22.6 Å². The van der Waals surface area contributed by atoms with Gasteiger partial charge in [0.15, 0.2) is 0 Å². The Hall–Kier alpha value is -2.37. The van der Waals surface area contributed by atoms with Crippen molar-refractivity contribution in [3.8, 4) is 0 Å². The van der Waals surface area contributed by atoms with Gasteiger partial charge in [0.1, 0.15) is 5.82 Å². The second-order valence-corrected chi connectivity index (χ2v) is 5.98. The Kier molecular flexibility index (Phi) is 5.36. The zero-order valence-corrected chi connectivity index (χ0v) is 14.1. The first-order valence-corrected chi connectivity index (χ1v) is 7.99. The van der Waals surface area contributed by atoms with Gasteiger partial charge in [-0.05, 0) is 38.5 Å². The van der Waals surface area contributed by atoms with E-state index in [2.05, 4.69) is 22.2 Å². The zero-order chi connectivity index (χ0) is 17.0. The van der Waals surface area contributed by atoms with Crippen LogP contribution in [0, 0.1) is 0 Å². The number of benzene rings is 1. The van der Waals surface area contributed by atoms with E-state index in [1.54, 1.807) is 30.1 Å². The van der Waals surface area contributed by atoms with Gasteiger partial charge in [-0.15, -0.1) is 0 Å². The largest absolute Gasteiger partial charge is 0.325 e. The molecule has 0 spiro atoms. The van der Waals surface area contributed by atoms with Gasteiger partial charge in [0.05, 0.1) is 10.9 Å². The second kappa shape index (κ2) is 7.26. The molecule has 0 radical (unpaired) electrons. The van der Waals surface area contributed by atoms with E-state index in [0.29, 0.717) is 22.4 Å². The van der Waals surface area contributed by atoms with Crippen LogP contribution in [-0.2, 0) is 6.42 Å². The van der Waals surface area contributed by atoms with Gasteiger partial charge in [-0.2, -0.15) is 0 Å². The number of fused-ring (bicyclic) bond motifs is 1. The molecule has 6 heteroatoms. The number of carbonyl (C=O) groups is 1. The van der Waals surface area contributed by atoms with E-state index in [-0.39, 0.29) is 17.6 Å². The number of urea groups is 1. The molecule has 124 valence electrons. The molecule has 1 heterocycles. The first kappa shape index (κ1) is 17.0. The van der Waals surface area contributed by atoms with E-state index >= 15 is 0 Å². The minimum atomic E-state index is -0.205. The number of hydrogen-bond acceptors (Lipinski definition) is 3. The molecule has 2 amide bonds. The molecule has 0 saturated carbocycles. The number of aromatic amines is 1. The van der Waals surface area contributed by atoms with Crippen LogP contribution in [0.1, 0.15) is 39.4 Å². The average Bonchev–Trinajstić information content (AvgIpc) is 2.52. The average molecular weight is 316 g/mol. The number of hydrogen-bond donors (Lipinski definition) is 2. The first-order chi connectivity index (χ1) is 10.9. The molecular weight excluding hydrogens is 292 g/mol. The third-order valence-corrected chi connectivity index (χ3v) is 3.87. The normalized spacial score (nSPS) is 11.0. The van der Waals surface area contributed by atoms with Crippen LogP contribution >= 0.6 is 0 Å². The van der Waals surface area contributed by atoms with Crippen LogP contribution in [0.3, 0.4) is 0 Å². The van der Waals surface area contributed by atoms with E-state index in [9.17, 15) is 9.59 Å². The molecule has 2 aromatic rings. The Morgan fingerprint density at radius 1 is 1.39 bits per heavy atom. The Balaban J connectivity index is 2.27. The third-order valence-electron chi connectivity index (χ3n) is 3.87. The molecular formula is C17H24N4O2. The number of amides is 2. The molecule has 0 unspecified atom stereocenters. The highest BCUT2D eigenvalue weighted by atomic mass is 16.2. The summed E-state index contributed by atoms with van der Waals surface area (Å²) in [5, 5.41) is 3.28. The van der Waals surface area contributed by atoms with E-state index in [1.165, 1.54) is 0 Å². The van der Waals surface area contributed by atoms with Crippen LogP contribution in [0.5, 0.6) is 0 Å². The highest BCUT2D eigenvalue weighted by molar-refractivity contribution is 5.92. The summed E-state index contributed by atoms with van der Waals surface area (Å²) in [6.07, 6.45) is 2.81. The number of nitrogens with zero attached hydrogens (tertiary/aromatic N) is 2. The van der Waals surface area contributed by atoms with E-state index < -0.39 is 0 Å². The Bertz CT molecular complexity index is 752. The smallest absolute Gasteiger partial charge is 0.321 e. The summed E-state index contributed by atoms with van der Waals surface area (Å²) in [4.78, 5) is 33.2. The summed E-state index contributed by atoms with van der Waals surface area (Å²) in [7, 11) is 1.73. The number of aryl methyl sites for hydroxylation is 1. The predicted molar refractivity (Wildman–Crippen MR) is 92.9 cm³/mol. The molecule has 0 atom stereocenters. The highest BCUT2D eigenvalue weighted by Crippen LogP contribution is 2.16. The van der Waals surface area contributed by atoms with E-state index in [4.69, 9.17) is 0 Å². The Morgan fingerprint density at radius 3 is 2.78 bits per heavy atom. The monoisotopic (exact) mass is 316 g/mol. The van der Waals surface area contributed by atoms with Crippen molar-refractivity contribution in [2.75, 3.05) is 12.4 Å². The number of carbonyl (C=O) groups excluding carboxylic acids is 1. The summed E-state index contributed by atoms with van der Waals surface area (Å²) < 4.78 is 0. The van der Waals surface area contributed by atoms with Gasteiger partial charge in [0.25, 0.3) is 5.56 Å². The zero-order valence-electron chi connectivity index (χ0n) is 14.1. The number of nitrogens with one attached hydrogen (secondary N) is 2. The van der Waals surface area contributed by atoms with Gasteiger partial charge in [-0.3, -0.25) is 4.79 Å². The molecule has 0 aliphatic heterocycles. The molecule has 0 aliphatic rings. The van der Waals surface area contributed by atoms with Crippen molar-refractivity contribution in [3.63, 3.8) is 0 Å². The predicted octanol–water partition coefficient (Wildman–Crippen LogP) is 3.14. The lowest BCUT2D eigenvalue weighted by molar-refractivity contribution is 0.211. The SMILES string of the molecule is CCCCc1nc2ccc(NC(=O)N(C)C(C)C)cc2c(=O)[nH]1. The van der Waals surface area contributed by atoms with Crippen molar-refractivity contribution in [1.82, 2.24) is 14.9 Å². The number of H-pyrrole nitrogens is 1. The van der Waals surface area contributed by atoms with E-state index in [1.807, 2.05) is 13.8 Å². The summed E-state index contributed by atoms with van der Waals surface area (Å²) >= 11 is 0. The fourth-order valence-electron chi connectivity index (χ4n) is 2.17. The molecule has 2 N–H and O–H groups in total. The minimum absolute atomic E-state index is 0.0987. The summed E-state index contributed by atoms with van der Waals surface area (Å²) in [6, 6.07) is 5.09. The molecule has 6 nitrogen and oxygen atoms in total. The van der Waals surface area contributed by atoms with Gasteiger partial charge >= 0.3 is 6.03 Å². The lowest BCUT2D eigenvalue weighted by Gasteiger charge is -2.21. The number of unbranched alkanes of at least 4 members (excludes halogenated alkanes) is 1. The van der Waals surface area contributed by atoms with Gasteiger partial charge in [-0.25, -0.2) is 9.78 Å². The molecule has 0 saturated heterocycles. The molecule has 23 heavy (non-hydrogen) atoms. The van der Waals surface area contributed by atoms with Crippen LogP contribution in [0.2, 0.25) is 0 Å². The number of anilines is 1.